The van der Waals surface area contributed by atoms with Gasteiger partial charge in [-0.1, -0.05) is 44.2 Å². The lowest BCUT2D eigenvalue weighted by Crippen LogP contribution is -2.17. The average Bonchev–Trinajstić information content (AvgIpc) is 2.75. The molecule has 0 aliphatic carbocycles. The van der Waals surface area contributed by atoms with Gasteiger partial charge in [0, 0.05) is 11.6 Å². The zero-order chi connectivity index (χ0) is 20.7. The van der Waals surface area contributed by atoms with Crippen LogP contribution in [0.2, 0.25) is 0 Å². The number of carbonyl (C=O) groups excluding carboxylic acids is 2. The molecule has 3 aromatic rings. The number of nitrogens with one attached hydrogen (secondary N) is 1. The molecule has 0 saturated heterocycles. The molecule has 3 rings (SSSR count). The molecule has 0 saturated carbocycles. The maximum atomic E-state index is 12.8. The molecule has 1 amide bonds. The predicted octanol–water partition coefficient (Wildman–Crippen LogP) is 4.62. The Balaban J connectivity index is 0.00000136. The van der Waals surface area contributed by atoms with Crippen LogP contribution in [0.4, 0.5) is 5.69 Å². The lowest BCUT2D eigenvalue weighted by molar-refractivity contribution is 0.0594. The van der Waals surface area contributed by atoms with Crippen LogP contribution in [-0.4, -0.2) is 31.1 Å². The first-order valence-corrected chi connectivity index (χ1v) is 8.98. The highest BCUT2D eigenvalue weighted by molar-refractivity contribution is 6.14. The van der Waals surface area contributed by atoms with Crippen molar-refractivity contribution >= 4 is 28.3 Å². The SMILES string of the molecule is CC.COC(=O)c1nc(OC)ccc1NC(=O)c1ccc(C)c2ccccc12. The molecule has 28 heavy (non-hydrogen) atoms. The van der Waals surface area contributed by atoms with Gasteiger partial charge in [0.15, 0.2) is 5.69 Å². The van der Waals surface area contributed by atoms with Gasteiger partial charge in [0.1, 0.15) is 0 Å². The monoisotopic (exact) mass is 380 g/mol. The number of hydrogen-bond donors (Lipinski definition) is 1. The normalized spacial score (nSPS) is 9.89. The number of fused-ring (bicyclic) bond motifs is 1. The Morgan fingerprint density at radius 3 is 2.25 bits per heavy atom. The van der Waals surface area contributed by atoms with E-state index in [9.17, 15) is 9.59 Å². The van der Waals surface area contributed by atoms with Gasteiger partial charge >= 0.3 is 5.97 Å². The Labute approximate surface area is 164 Å². The minimum absolute atomic E-state index is 0.0170. The van der Waals surface area contributed by atoms with Crippen LogP contribution in [0.5, 0.6) is 5.88 Å². The first-order chi connectivity index (χ1) is 13.5. The summed E-state index contributed by atoms with van der Waals surface area (Å²) >= 11 is 0. The maximum Gasteiger partial charge on any atom is 0.358 e. The number of ether oxygens (including phenoxy) is 2. The van der Waals surface area contributed by atoms with E-state index >= 15 is 0 Å². The molecule has 6 heteroatoms. The molecule has 0 atom stereocenters. The van der Waals surface area contributed by atoms with E-state index in [0.717, 1.165) is 16.3 Å². The highest BCUT2D eigenvalue weighted by atomic mass is 16.5. The average molecular weight is 380 g/mol. The van der Waals surface area contributed by atoms with E-state index in [-0.39, 0.29) is 23.2 Å². The second-order valence-corrected chi connectivity index (χ2v) is 5.67. The van der Waals surface area contributed by atoms with Crippen LogP contribution in [0.15, 0.2) is 48.5 Å². The molecule has 1 N–H and O–H groups in total. The van der Waals surface area contributed by atoms with Crippen LogP contribution in [0.3, 0.4) is 0 Å². The quantitative estimate of drug-likeness (QED) is 0.669. The molecule has 2 aromatic carbocycles. The highest BCUT2D eigenvalue weighted by Gasteiger charge is 2.19. The van der Waals surface area contributed by atoms with E-state index in [2.05, 4.69) is 10.3 Å². The number of pyridine rings is 1. The topological polar surface area (TPSA) is 77.5 Å². The molecule has 6 nitrogen and oxygen atoms in total. The summed E-state index contributed by atoms with van der Waals surface area (Å²) in [7, 11) is 2.70. The second kappa shape index (κ2) is 9.50. The summed E-state index contributed by atoms with van der Waals surface area (Å²) in [5, 5.41) is 4.59. The summed E-state index contributed by atoms with van der Waals surface area (Å²) in [5.41, 5.74) is 1.83. The molecule has 0 spiro atoms. The molecule has 0 aliphatic rings. The molecule has 0 unspecified atom stereocenters. The van der Waals surface area contributed by atoms with Crippen molar-refractivity contribution in [1.29, 1.82) is 0 Å². The van der Waals surface area contributed by atoms with Crippen LogP contribution >= 0.6 is 0 Å². The summed E-state index contributed by atoms with van der Waals surface area (Å²) in [6.07, 6.45) is 0. The van der Waals surface area contributed by atoms with Gasteiger partial charge in [-0.3, -0.25) is 4.79 Å². The fraction of sp³-hybridized carbons (Fsp3) is 0.227. The zero-order valence-corrected chi connectivity index (χ0v) is 16.7. The summed E-state index contributed by atoms with van der Waals surface area (Å²) in [5.74, 6) is -0.740. The van der Waals surface area contributed by atoms with Crippen LogP contribution in [-0.2, 0) is 4.74 Å². The summed E-state index contributed by atoms with van der Waals surface area (Å²) in [6, 6.07) is 14.5. The molecular weight excluding hydrogens is 356 g/mol. The van der Waals surface area contributed by atoms with Crippen molar-refractivity contribution in [1.82, 2.24) is 4.98 Å². The fourth-order valence-corrected chi connectivity index (χ4v) is 2.75. The first kappa shape index (κ1) is 20.9. The van der Waals surface area contributed by atoms with Gasteiger partial charge < -0.3 is 14.8 Å². The van der Waals surface area contributed by atoms with E-state index in [0.29, 0.717) is 5.56 Å². The molecule has 0 radical (unpaired) electrons. The first-order valence-electron chi connectivity index (χ1n) is 8.98. The van der Waals surface area contributed by atoms with Crippen LogP contribution in [0, 0.1) is 6.92 Å². The van der Waals surface area contributed by atoms with Gasteiger partial charge in [-0.25, -0.2) is 9.78 Å². The number of aryl methyl sites for hydroxylation is 1. The van der Waals surface area contributed by atoms with E-state index in [1.165, 1.54) is 14.2 Å². The van der Waals surface area contributed by atoms with Crippen molar-refractivity contribution in [2.24, 2.45) is 0 Å². The summed E-state index contributed by atoms with van der Waals surface area (Å²) < 4.78 is 9.77. The van der Waals surface area contributed by atoms with Gasteiger partial charge in [-0.15, -0.1) is 0 Å². The maximum absolute atomic E-state index is 12.8. The molecule has 0 aliphatic heterocycles. The Morgan fingerprint density at radius 1 is 0.929 bits per heavy atom. The third-order valence-corrected chi connectivity index (χ3v) is 4.09. The van der Waals surface area contributed by atoms with Crippen molar-refractivity contribution in [3.63, 3.8) is 0 Å². The van der Waals surface area contributed by atoms with Crippen molar-refractivity contribution in [2.75, 3.05) is 19.5 Å². The number of carbonyl (C=O) groups is 2. The Morgan fingerprint density at radius 2 is 1.61 bits per heavy atom. The van der Waals surface area contributed by atoms with Gasteiger partial charge in [-0.2, -0.15) is 0 Å². The number of aromatic nitrogens is 1. The van der Waals surface area contributed by atoms with Crippen LogP contribution in [0.1, 0.15) is 40.3 Å². The molecule has 1 aromatic heterocycles. The number of hydrogen-bond acceptors (Lipinski definition) is 5. The van der Waals surface area contributed by atoms with Gasteiger partial charge in [0.2, 0.25) is 5.88 Å². The molecule has 1 heterocycles. The molecule has 146 valence electrons. The zero-order valence-electron chi connectivity index (χ0n) is 16.7. The van der Waals surface area contributed by atoms with Crippen molar-refractivity contribution in [3.8, 4) is 5.88 Å². The number of benzene rings is 2. The van der Waals surface area contributed by atoms with Crippen LogP contribution in [0.25, 0.3) is 10.8 Å². The minimum atomic E-state index is -0.659. The second-order valence-electron chi connectivity index (χ2n) is 5.67. The van der Waals surface area contributed by atoms with E-state index < -0.39 is 5.97 Å². The number of nitrogens with zero attached hydrogens (tertiary/aromatic N) is 1. The molecule has 0 bridgehead atoms. The van der Waals surface area contributed by atoms with E-state index in [1.807, 2.05) is 51.1 Å². The smallest absolute Gasteiger partial charge is 0.358 e. The lowest BCUT2D eigenvalue weighted by atomic mass is 10.00. The minimum Gasteiger partial charge on any atom is -0.481 e. The van der Waals surface area contributed by atoms with Gasteiger partial charge in [-0.05, 0) is 35.4 Å². The lowest BCUT2D eigenvalue weighted by Gasteiger charge is -2.12. The Hall–Kier alpha value is -3.41. The third-order valence-electron chi connectivity index (χ3n) is 4.09. The van der Waals surface area contributed by atoms with Gasteiger partial charge in [0.25, 0.3) is 5.91 Å². The Kier molecular flexibility index (Phi) is 7.09. The number of rotatable bonds is 4. The van der Waals surface area contributed by atoms with E-state index in [1.54, 1.807) is 18.2 Å². The third kappa shape index (κ3) is 4.28. The molecular formula is C22H24N2O4. The number of anilines is 1. The molecule has 0 fully saturated rings. The van der Waals surface area contributed by atoms with Crippen molar-refractivity contribution < 1.29 is 19.1 Å². The van der Waals surface area contributed by atoms with Crippen molar-refractivity contribution in [2.45, 2.75) is 20.8 Å². The number of esters is 1. The van der Waals surface area contributed by atoms with Crippen molar-refractivity contribution in [3.05, 3.63) is 65.4 Å². The Bertz CT molecular complexity index is 999. The number of amides is 1. The van der Waals surface area contributed by atoms with Gasteiger partial charge in [0.05, 0.1) is 19.9 Å². The van der Waals surface area contributed by atoms with Crippen LogP contribution < -0.4 is 10.1 Å². The highest BCUT2D eigenvalue weighted by Crippen LogP contribution is 2.25. The summed E-state index contributed by atoms with van der Waals surface area (Å²) in [6.45, 7) is 5.99. The predicted molar refractivity (Wildman–Crippen MR) is 110 cm³/mol. The van der Waals surface area contributed by atoms with E-state index in [4.69, 9.17) is 9.47 Å². The largest absolute Gasteiger partial charge is 0.481 e. The standard InChI is InChI=1S/C20H18N2O4.C2H6/c1-12-8-9-15(14-7-5-4-6-13(12)14)19(23)21-16-10-11-17(25-2)22-18(16)20(24)26-3;1-2/h4-11H,1-3H3,(H,21,23);1-2H3. The number of methoxy groups -OCH3 is 2. The summed E-state index contributed by atoms with van der Waals surface area (Å²) in [4.78, 5) is 28.9. The fourth-order valence-electron chi connectivity index (χ4n) is 2.75.